The lowest BCUT2D eigenvalue weighted by molar-refractivity contribution is 0.273. The molecule has 0 aliphatic heterocycles. The Labute approximate surface area is 120 Å². The third-order valence-corrected chi connectivity index (χ3v) is 3.49. The van der Waals surface area contributed by atoms with E-state index in [1.165, 1.54) is 0 Å². The first-order chi connectivity index (χ1) is 9.22. The lowest BCUT2D eigenvalue weighted by atomic mass is 10.2. The zero-order valence-corrected chi connectivity index (χ0v) is 12.1. The van der Waals surface area contributed by atoms with Crippen LogP contribution in [0, 0.1) is 6.92 Å². The second-order valence-corrected chi connectivity index (χ2v) is 5.36. The average Bonchev–Trinajstić information content (AvgIpc) is 2.79. The molecule has 3 rings (SSSR count). The number of halogens is 1. The fraction of sp³-hybridized carbons (Fsp3) is 0.125. The highest BCUT2D eigenvalue weighted by Gasteiger charge is 2.05. The molecule has 0 unspecified atom stereocenters. The Morgan fingerprint density at radius 1 is 1.11 bits per heavy atom. The zero-order valence-electron chi connectivity index (χ0n) is 10.5. The quantitative estimate of drug-likeness (QED) is 0.672. The molecule has 0 amide bonds. The van der Waals surface area contributed by atoms with Gasteiger partial charge >= 0.3 is 0 Å². The summed E-state index contributed by atoms with van der Waals surface area (Å²) in [6.07, 6.45) is 0. The lowest BCUT2D eigenvalue weighted by Crippen LogP contribution is -1.95. The summed E-state index contributed by atoms with van der Waals surface area (Å²) in [6.45, 7) is 2.47. The van der Waals surface area contributed by atoms with Crippen LogP contribution < -0.4 is 4.74 Å². The summed E-state index contributed by atoms with van der Waals surface area (Å²) in [5, 5.41) is 1.08. The Morgan fingerprint density at radius 2 is 1.95 bits per heavy atom. The predicted octanol–water partition coefficient (Wildman–Crippen LogP) is 5.08. The number of hydrogen-bond acceptors (Lipinski definition) is 2. The molecule has 0 atom stereocenters. The molecule has 0 saturated heterocycles. The van der Waals surface area contributed by atoms with Crippen molar-refractivity contribution in [2.45, 2.75) is 13.5 Å². The smallest absolute Gasteiger partial charge is 0.146 e. The number of fused-ring (bicyclic) bond motifs is 1. The van der Waals surface area contributed by atoms with Crippen molar-refractivity contribution in [3.63, 3.8) is 0 Å². The van der Waals surface area contributed by atoms with Crippen LogP contribution in [0.15, 0.2) is 57.4 Å². The van der Waals surface area contributed by atoms with Gasteiger partial charge in [0, 0.05) is 9.86 Å². The van der Waals surface area contributed by atoms with Gasteiger partial charge < -0.3 is 9.15 Å². The number of hydrogen-bond donors (Lipinski definition) is 0. The third-order valence-electron chi connectivity index (χ3n) is 2.99. The molecule has 1 heterocycles. The SMILES string of the molecule is Cc1ccccc1OCc1cc2cc(Br)ccc2o1. The van der Waals surface area contributed by atoms with Gasteiger partial charge in [-0.1, -0.05) is 34.1 Å². The van der Waals surface area contributed by atoms with Crippen molar-refractivity contribution in [2.75, 3.05) is 0 Å². The fourth-order valence-corrected chi connectivity index (χ4v) is 2.39. The molecule has 0 aliphatic carbocycles. The van der Waals surface area contributed by atoms with Crippen molar-refractivity contribution >= 4 is 26.9 Å². The summed E-state index contributed by atoms with van der Waals surface area (Å²) in [6, 6.07) is 15.9. The predicted molar refractivity (Wildman–Crippen MR) is 79.4 cm³/mol. The highest BCUT2D eigenvalue weighted by atomic mass is 79.9. The van der Waals surface area contributed by atoms with Crippen LogP contribution >= 0.6 is 15.9 Å². The Bertz CT molecular complexity index is 716. The molecule has 0 saturated carbocycles. The van der Waals surface area contributed by atoms with E-state index in [9.17, 15) is 0 Å². The van der Waals surface area contributed by atoms with Gasteiger partial charge in [-0.05, 0) is 42.8 Å². The Hall–Kier alpha value is -1.74. The minimum Gasteiger partial charge on any atom is -0.485 e. The van der Waals surface area contributed by atoms with Gasteiger partial charge in [0.2, 0.25) is 0 Å². The summed E-state index contributed by atoms with van der Waals surface area (Å²) in [7, 11) is 0. The Kier molecular flexibility index (Phi) is 3.30. The summed E-state index contributed by atoms with van der Waals surface area (Å²) in [5.74, 6) is 1.72. The standard InChI is InChI=1S/C16H13BrO2/c1-11-4-2-3-5-15(11)18-10-14-9-12-8-13(17)6-7-16(12)19-14/h2-9H,10H2,1H3. The van der Waals surface area contributed by atoms with Crippen LogP contribution in [0.2, 0.25) is 0 Å². The van der Waals surface area contributed by atoms with E-state index in [1.54, 1.807) is 0 Å². The largest absolute Gasteiger partial charge is 0.485 e. The molecule has 3 aromatic rings. The second kappa shape index (κ2) is 5.10. The van der Waals surface area contributed by atoms with Crippen LogP contribution in [-0.4, -0.2) is 0 Å². The topological polar surface area (TPSA) is 22.4 Å². The highest BCUT2D eigenvalue weighted by Crippen LogP contribution is 2.25. The van der Waals surface area contributed by atoms with Gasteiger partial charge in [0.05, 0.1) is 0 Å². The van der Waals surface area contributed by atoms with Gasteiger partial charge in [-0.2, -0.15) is 0 Å². The van der Waals surface area contributed by atoms with E-state index in [2.05, 4.69) is 15.9 Å². The summed E-state index contributed by atoms with van der Waals surface area (Å²) < 4.78 is 12.6. The van der Waals surface area contributed by atoms with Crippen LogP contribution in [-0.2, 0) is 6.61 Å². The van der Waals surface area contributed by atoms with E-state index in [-0.39, 0.29) is 0 Å². The van der Waals surface area contributed by atoms with Crippen LogP contribution in [0.1, 0.15) is 11.3 Å². The molecule has 19 heavy (non-hydrogen) atoms. The van der Waals surface area contributed by atoms with Crippen LogP contribution in [0.4, 0.5) is 0 Å². The van der Waals surface area contributed by atoms with Crippen molar-refractivity contribution in [3.8, 4) is 5.75 Å². The van der Waals surface area contributed by atoms with Gasteiger partial charge in [0.1, 0.15) is 23.7 Å². The molecular weight excluding hydrogens is 304 g/mol. The van der Waals surface area contributed by atoms with Crippen molar-refractivity contribution in [1.29, 1.82) is 0 Å². The average molecular weight is 317 g/mol. The van der Waals surface area contributed by atoms with E-state index < -0.39 is 0 Å². The van der Waals surface area contributed by atoms with Gasteiger partial charge in [0.15, 0.2) is 0 Å². The van der Waals surface area contributed by atoms with Crippen molar-refractivity contribution in [1.82, 2.24) is 0 Å². The minimum absolute atomic E-state index is 0.442. The lowest BCUT2D eigenvalue weighted by Gasteiger charge is -2.06. The number of ether oxygens (including phenoxy) is 1. The van der Waals surface area contributed by atoms with Crippen molar-refractivity contribution < 1.29 is 9.15 Å². The molecule has 0 fully saturated rings. The molecule has 96 valence electrons. The Morgan fingerprint density at radius 3 is 2.79 bits per heavy atom. The van der Waals surface area contributed by atoms with E-state index in [1.807, 2.05) is 55.5 Å². The van der Waals surface area contributed by atoms with E-state index in [4.69, 9.17) is 9.15 Å². The second-order valence-electron chi connectivity index (χ2n) is 4.45. The van der Waals surface area contributed by atoms with Crippen molar-refractivity contribution in [3.05, 3.63) is 64.3 Å². The normalized spacial score (nSPS) is 10.8. The van der Waals surface area contributed by atoms with Gasteiger partial charge in [-0.15, -0.1) is 0 Å². The molecule has 1 aromatic heterocycles. The van der Waals surface area contributed by atoms with Gasteiger partial charge in [0.25, 0.3) is 0 Å². The van der Waals surface area contributed by atoms with Crippen LogP contribution in [0.25, 0.3) is 11.0 Å². The third kappa shape index (κ3) is 2.66. The molecule has 0 spiro atoms. The summed E-state index contributed by atoms with van der Waals surface area (Å²) in [4.78, 5) is 0. The summed E-state index contributed by atoms with van der Waals surface area (Å²) >= 11 is 3.45. The minimum atomic E-state index is 0.442. The number of furan rings is 1. The van der Waals surface area contributed by atoms with Crippen molar-refractivity contribution in [2.24, 2.45) is 0 Å². The molecule has 2 nitrogen and oxygen atoms in total. The van der Waals surface area contributed by atoms with Gasteiger partial charge in [-0.3, -0.25) is 0 Å². The number of benzene rings is 2. The number of aryl methyl sites for hydroxylation is 1. The maximum atomic E-state index is 5.78. The fourth-order valence-electron chi connectivity index (χ4n) is 2.01. The summed E-state index contributed by atoms with van der Waals surface area (Å²) in [5.41, 5.74) is 2.01. The molecule has 3 heteroatoms. The molecule has 0 aliphatic rings. The highest BCUT2D eigenvalue weighted by molar-refractivity contribution is 9.10. The molecule has 0 bridgehead atoms. The van der Waals surface area contributed by atoms with E-state index >= 15 is 0 Å². The maximum Gasteiger partial charge on any atom is 0.146 e. The number of rotatable bonds is 3. The monoisotopic (exact) mass is 316 g/mol. The van der Waals surface area contributed by atoms with Crippen LogP contribution in [0.3, 0.4) is 0 Å². The Balaban J connectivity index is 1.80. The van der Waals surface area contributed by atoms with Gasteiger partial charge in [-0.25, -0.2) is 0 Å². The first-order valence-electron chi connectivity index (χ1n) is 6.09. The van der Waals surface area contributed by atoms with E-state index in [0.717, 1.165) is 32.5 Å². The zero-order chi connectivity index (χ0) is 13.2. The molecular formula is C16H13BrO2. The first kappa shape index (κ1) is 12.3. The maximum absolute atomic E-state index is 5.78. The molecule has 0 radical (unpaired) electrons. The van der Waals surface area contributed by atoms with Crippen LogP contribution in [0.5, 0.6) is 5.75 Å². The first-order valence-corrected chi connectivity index (χ1v) is 6.88. The number of para-hydroxylation sites is 1. The van der Waals surface area contributed by atoms with E-state index in [0.29, 0.717) is 6.61 Å². The molecule has 0 N–H and O–H groups in total. The molecule has 2 aromatic carbocycles.